The molecule has 0 aliphatic heterocycles. The fourth-order valence-electron chi connectivity index (χ4n) is 1.68. The van der Waals surface area contributed by atoms with Crippen LogP contribution < -0.4 is 4.90 Å². The van der Waals surface area contributed by atoms with Crippen LogP contribution in [0.2, 0.25) is 0 Å². The van der Waals surface area contributed by atoms with Gasteiger partial charge < -0.3 is 4.90 Å². The Kier molecular flexibility index (Phi) is 5.67. The molecule has 1 aromatic rings. The van der Waals surface area contributed by atoms with Gasteiger partial charge in [0.05, 0.1) is 0 Å². The van der Waals surface area contributed by atoms with Crippen LogP contribution in [0.25, 0.3) is 0 Å². The van der Waals surface area contributed by atoms with Crippen LogP contribution in [-0.2, 0) is 4.79 Å². The fraction of sp³-hybridized carbons (Fsp3) is 0.500. The van der Waals surface area contributed by atoms with E-state index in [1.54, 1.807) is 17.0 Å². The molecule has 2 nitrogen and oxygen atoms in total. The minimum atomic E-state index is -0.271. The molecule has 1 aromatic carbocycles. The van der Waals surface area contributed by atoms with Crippen LogP contribution in [0.1, 0.15) is 39.5 Å². The van der Waals surface area contributed by atoms with Crippen molar-refractivity contribution < 1.29 is 9.18 Å². The maximum absolute atomic E-state index is 12.8. The first-order valence-corrected chi connectivity index (χ1v) is 6.25. The average molecular weight is 237 g/mol. The zero-order chi connectivity index (χ0) is 12.7. The first-order valence-electron chi connectivity index (χ1n) is 6.25. The number of carbonyl (C=O) groups excluding carboxylic acids is 1. The van der Waals surface area contributed by atoms with E-state index in [1.807, 2.05) is 6.92 Å². The van der Waals surface area contributed by atoms with Gasteiger partial charge in [-0.25, -0.2) is 4.39 Å². The highest BCUT2D eigenvalue weighted by atomic mass is 19.1. The van der Waals surface area contributed by atoms with E-state index in [4.69, 9.17) is 0 Å². The number of amides is 1. The lowest BCUT2D eigenvalue weighted by Gasteiger charge is -2.22. The molecule has 0 bridgehead atoms. The molecule has 94 valence electrons. The van der Waals surface area contributed by atoms with Crippen molar-refractivity contribution in [2.75, 3.05) is 11.4 Å². The van der Waals surface area contributed by atoms with Crippen molar-refractivity contribution in [3.05, 3.63) is 30.1 Å². The summed E-state index contributed by atoms with van der Waals surface area (Å²) in [7, 11) is 0. The minimum Gasteiger partial charge on any atom is -0.312 e. The Balaban J connectivity index is 2.81. The molecule has 0 aromatic heterocycles. The van der Waals surface area contributed by atoms with E-state index in [9.17, 15) is 9.18 Å². The number of unbranched alkanes of at least 4 members (excludes halogenated alkanes) is 1. The third-order valence-corrected chi connectivity index (χ3v) is 2.64. The van der Waals surface area contributed by atoms with Crippen LogP contribution >= 0.6 is 0 Å². The molecule has 0 aliphatic carbocycles. The molecule has 0 unspecified atom stereocenters. The van der Waals surface area contributed by atoms with Gasteiger partial charge in [-0.15, -0.1) is 0 Å². The van der Waals surface area contributed by atoms with E-state index in [1.165, 1.54) is 12.1 Å². The van der Waals surface area contributed by atoms with Crippen LogP contribution in [0, 0.1) is 5.82 Å². The second kappa shape index (κ2) is 7.05. The van der Waals surface area contributed by atoms with Crippen molar-refractivity contribution in [3.63, 3.8) is 0 Å². The number of rotatable bonds is 6. The molecule has 17 heavy (non-hydrogen) atoms. The molecular formula is C14H20FNO. The third-order valence-electron chi connectivity index (χ3n) is 2.64. The van der Waals surface area contributed by atoms with Gasteiger partial charge in [0.1, 0.15) is 5.82 Å². The summed E-state index contributed by atoms with van der Waals surface area (Å²) >= 11 is 0. The zero-order valence-corrected chi connectivity index (χ0v) is 10.6. The monoisotopic (exact) mass is 237 g/mol. The molecule has 1 amide bonds. The molecular weight excluding hydrogens is 217 g/mol. The maximum Gasteiger partial charge on any atom is 0.226 e. The first kappa shape index (κ1) is 13.7. The minimum absolute atomic E-state index is 0.118. The molecule has 0 saturated carbocycles. The summed E-state index contributed by atoms with van der Waals surface area (Å²) in [4.78, 5) is 13.7. The number of hydrogen-bond donors (Lipinski definition) is 0. The van der Waals surface area contributed by atoms with E-state index in [-0.39, 0.29) is 11.7 Å². The SMILES string of the molecule is CCCCN(C(=O)CCC)c1ccc(F)cc1. The molecule has 0 heterocycles. The Morgan fingerprint density at radius 3 is 2.35 bits per heavy atom. The van der Waals surface area contributed by atoms with Gasteiger partial charge in [0.25, 0.3) is 0 Å². The van der Waals surface area contributed by atoms with Gasteiger partial charge in [-0.2, -0.15) is 0 Å². The molecule has 0 spiro atoms. The van der Waals surface area contributed by atoms with Crippen molar-refractivity contribution in [2.45, 2.75) is 39.5 Å². The third kappa shape index (κ3) is 4.17. The van der Waals surface area contributed by atoms with Crippen molar-refractivity contribution in [3.8, 4) is 0 Å². The lowest BCUT2D eigenvalue weighted by atomic mass is 10.2. The molecule has 3 heteroatoms. The summed E-state index contributed by atoms with van der Waals surface area (Å²) in [6.07, 6.45) is 3.38. The lowest BCUT2D eigenvalue weighted by Crippen LogP contribution is -2.31. The van der Waals surface area contributed by atoms with Crippen LogP contribution in [0.4, 0.5) is 10.1 Å². The highest BCUT2D eigenvalue weighted by Gasteiger charge is 2.13. The standard InChI is InChI=1S/C14H20FNO/c1-3-5-11-16(14(17)6-4-2)13-9-7-12(15)8-10-13/h7-10H,3-6,11H2,1-2H3. The summed E-state index contributed by atoms with van der Waals surface area (Å²) in [6.45, 7) is 4.79. The Morgan fingerprint density at radius 2 is 1.82 bits per heavy atom. The highest BCUT2D eigenvalue weighted by Crippen LogP contribution is 2.17. The van der Waals surface area contributed by atoms with Gasteiger partial charge in [0.15, 0.2) is 0 Å². The average Bonchev–Trinajstić information content (AvgIpc) is 2.32. The summed E-state index contributed by atoms with van der Waals surface area (Å²) in [5.74, 6) is -0.153. The van der Waals surface area contributed by atoms with E-state index in [0.29, 0.717) is 13.0 Å². The maximum atomic E-state index is 12.8. The normalized spacial score (nSPS) is 10.3. The molecule has 0 radical (unpaired) electrons. The topological polar surface area (TPSA) is 20.3 Å². The van der Waals surface area contributed by atoms with Crippen LogP contribution in [0.3, 0.4) is 0 Å². The molecule has 0 saturated heterocycles. The van der Waals surface area contributed by atoms with Crippen molar-refractivity contribution in [1.82, 2.24) is 0 Å². The summed E-state index contributed by atoms with van der Waals surface area (Å²) in [5.41, 5.74) is 0.790. The fourth-order valence-corrected chi connectivity index (χ4v) is 1.68. The Morgan fingerprint density at radius 1 is 1.18 bits per heavy atom. The predicted molar refractivity (Wildman–Crippen MR) is 68.6 cm³/mol. The van der Waals surface area contributed by atoms with Gasteiger partial charge in [0, 0.05) is 18.7 Å². The summed E-state index contributed by atoms with van der Waals surface area (Å²) in [5, 5.41) is 0. The molecule has 0 N–H and O–H groups in total. The Bertz CT molecular complexity index is 348. The van der Waals surface area contributed by atoms with Crippen molar-refractivity contribution >= 4 is 11.6 Å². The largest absolute Gasteiger partial charge is 0.312 e. The van der Waals surface area contributed by atoms with Gasteiger partial charge in [-0.05, 0) is 37.1 Å². The number of nitrogens with zero attached hydrogens (tertiary/aromatic N) is 1. The van der Waals surface area contributed by atoms with E-state index in [2.05, 4.69) is 6.92 Å². The lowest BCUT2D eigenvalue weighted by molar-refractivity contribution is -0.118. The Hall–Kier alpha value is -1.38. The highest BCUT2D eigenvalue weighted by molar-refractivity contribution is 5.93. The predicted octanol–water partition coefficient (Wildman–Crippen LogP) is 3.76. The molecule has 0 fully saturated rings. The van der Waals surface area contributed by atoms with Crippen LogP contribution in [0.15, 0.2) is 24.3 Å². The number of benzene rings is 1. The van der Waals surface area contributed by atoms with E-state index >= 15 is 0 Å². The Labute approximate surface area is 102 Å². The zero-order valence-electron chi connectivity index (χ0n) is 10.6. The number of halogens is 1. The number of anilines is 1. The summed E-state index contributed by atoms with van der Waals surface area (Å²) < 4.78 is 12.8. The number of hydrogen-bond acceptors (Lipinski definition) is 1. The van der Waals surface area contributed by atoms with E-state index in [0.717, 1.165) is 24.9 Å². The second-order valence-electron chi connectivity index (χ2n) is 4.13. The van der Waals surface area contributed by atoms with Gasteiger partial charge in [-0.3, -0.25) is 4.79 Å². The van der Waals surface area contributed by atoms with Crippen LogP contribution in [0.5, 0.6) is 0 Å². The van der Waals surface area contributed by atoms with E-state index < -0.39 is 0 Å². The summed E-state index contributed by atoms with van der Waals surface area (Å²) in [6, 6.07) is 6.12. The number of carbonyl (C=O) groups is 1. The molecule has 1 rings (SSSR count). The van der Waals surface area contributed by atoms with Crippen molar-refractivity contribution in [1.29, 1.82) is 0 Å². The first-order chi connectivity index (χ1) is 8.19. The van der Waals surface area contributed by atoms with Gasteiger partial charge in [0.2, 0.25) is 5.91 Å². The quantitative estimate of drug-likeness (QED) is 0.737. The van der Waals surface area contributed by atoms with Gasteiger partial charge >= 0.3 is 0 Å². The molecule has 0 atom stereocenters. The molecule has 0 aliphatic rings. The second-order valence-corrected chi connectivity index (χ2v) is 4.13. The van der Waals surface area contributed by atoms with Gasteiger partial charge in [-0.1, -0.05) is 20.3 Å². The van der Waals surface area contributed by atoms with Crippen LogP contribution in [-0.4, -0.2) is 12.5 Å². The van der Waals surface area contributed by atoms with Crippen molar-refractivity contribution in [2.24, 2.45) is 0 Å². The smallest absolute Gasteiger partial charge is 0.226 e.